The molecule has 0 amide bonds. The molecule has 1 aromatic rings. The molecule has 1 aliphatic carbocycles. The van der Waals surface area contributed by atoms with Gasteiger partial charge in [-0.2, -0.15) is 0 Å². The maximum atomic E-state index is 10.6. The topological polar surface area (TPSA) is 55.1 Å². The normalized spacial score (nSPS) is 23.4. The predicted molar refractivity (Wildman–Crippen MR) is 76.5 cm³/mol. The third-order valence-electron chi connectivity index (χ3n) is 3.86. The van der Waals surface area contributed by atoms with E-state index in [4.69, 9.17) is 5.11 Å². The second-order valence-corrected chi connectivity index (χ2v) is 6.21. The second kappa shape index (κ2) is 6.98. The number of imidazole rings is 1. The van der Waals surface area contributed by atoms with Crippen molar-refractivity contribution in [3.8, 4) is 0 Å². The van der Waals surface area contributed by atoms with Crippen LogP contribution in [0.2, 0.25) is 0 Å². The molecule has 1 N–H and O–H groups in total. The van der Waals surface area contributed by atoms with Gasteiger partial charge in [-0.3, -0.25) is 4.79 Å². The molecule has 0 spiro atoms. The number of thioether (sulfide) groups is 1. The minimum Gasteiger partial charge on any atom is -0.481 e. The number of carboxylic acid groups (broad SMARTS) is 1. The van der Waals surface area contributed by atoms with Crippen molar-refractivity contribution in [3.05, 3.63) is 12.4 Å². The van der Waals surface area contributed by atoms with Crippen molar-refractivity contribution < 1.29 is 9.90 Å². The molecule has 19 heavy (non-hydrogen) atoms. The number of carboxylic acids is 1. The molecular weight excluding hydrogens is 260 g/mol. The molecule has 0 unspecified atom stereocenters. The highest BCUT2D eigenvalue weighted by atomic mass is 32.2. The van der Waals surface area contributed by atoms with Gasteiger partial charge in [-0.25, -0.2) is 4.98 Å². The number of rotatable bonds is 6. The summed E-state index contributed by atoms with van der Waals surface area (Å²) in [7, 11) is 0. The standard InChI is InChI=1S/C14H22N2O2S/c1-2-3-11-4-6-12(7-5-11)16-9-8-15-14(16)19-10-13(17)18/h8-9,11-12H,2-7,10H2,1H3,(H,17,18). The molecular formula is C14H22N2O2S. The van der Waals surface area contributed by atoms with Gasteiger partial charge in [-0.05, 0) is 31.6 Å². The Bertz CT molecular complexity index is 411. The van der Waals surface area contributed by atoms with Gasteiger partial charge < -0.3 is 9.67 Å². The highest BCUT2D eigenvalue weighted by Gasteiger charge is 2.23. The zero-order valence-corrected chi connectivity index (χ0v) is 12.2. The van der Waals surface area contributed by atoms with Crippen LogP contribution in [0.25, 0.3) is 0 Å². The number of hydrogen-bond acceptors (Lipinski definition) is 3. The molecule has 0 bridgehead atoms. The monoisotopic (exact) mass is 282 g/mol. The molecule has 0 radical (unpaired) electrons. The van der Waals surface area contributed by atoms with E-state index in [-0.39, 0.29) is 5.75 Å². The van der Waals surface area contributed by atoms with Gasteiger partial charge in [-0.15, -0.1) is 0 Å². The van der Waals surface area contributed by atoms with Gasteiger partial charge in [0.25, 0.3) is 0 Å². The highest BCUT2D eigenvalue weighted by molar-refractivity contribution is 7.99. The maximum Gasteiger partial charge on any atom is 0.313 e. The fourth-order valence-corrected chi connectivity index (χ4v) is 3.68. The molecule has 1 fully saturated rings. The van der Waals surface area contributed by atoms with E-state index in [0.717, 1.165) is 11.1 Å². The van der Waals surface area contributed by atoms with Crippen molar-refractivity contribution in [1.29, 1.82) is 0 Å². The van der Waals surface area contributed by atoms with Crippen LogP contribution >= 0.6 is 11.8 Å². The Morgan fingerprint density at radius 1 is 1.47 bits per heavy atom. The number of aliphatic carboxylic acids is 1. The van der Waals surface area contributed by atoms with Crippen LogP contribution in [0.3, 0.4) is 0 Å². The zero-order chi connectivity index (χ0) is 13.7. The Morgan fingerprint density at radius 2 is 2.21 bits per heavy atom. The summed E-state index contributed by atoms with van der Waals surface area (Å²) in [5.74, 6) is 0.188. The van der Waals surface area contributed by atoms with E-state index in [0.29, 0.717) is 6.04 Å². The molecule has 0 atom stereocenters. The van der Waals surface area contributed by atoms with Crippen LogP contribution in [0.15, 0.2) is 17.6 Å². The van der Waals surface area contributed by atoms with E-state index in [9.17, 15) is 4.79 Å². The fourth-order valence-electron chi connectivity index (χ4n) is 2.94. The van der Waals surface area contributed by atoms with Gasteiger partial charge in [0.05, 0.1) is 5.75 Å². The molecule has 1 aromatic heterocycles. The van der Waals surface area contributed by atoms with Gasteiger partial charge in [0.2, 0.25) is 0 Å². The first-order valence-electron chi connectivity index (χ1n) is 7.08. The van der Waals surface area contributed by atoms with E-state index in [1.54, 1.807) is 6.20 Å². The summed E-state index contributed by atoms with van der Waals surface area (Å²) in [6, 6.07) is 0.506. The van der Waals surface area contributed by atoms with Gasteiger partial charge in [0.15, 0.2) is 5.16 Å². The van der Waals surface area contributed by atoms with Crippen molar-refractivity contribution in [2.45, 2.75) is 56.6 Å². The molecule has 1 saturated carbocycles. The van der Waals surface area contributed by atoms with Crippen molar-refractivity contribution in [2.75, 3.05) is 5.75 Å². The average Bonchev–Trinajstić information content (AvgIpc) is 2.86. The quantitative estimate of drug-likeness (QED) is 0.810. The van der Waals surface area contributed by atoms with Crippen LogP contribution in [0.1, 0.15) is 51.5 Å². The minimum absolute atomic E-state index is 0.0855. The molecule has 106 valence electrons. The van der Waals surface area contributed by atoms with Gasteiger partial charge in [0, 0.05) is 18.4 Å². The fraction of sp³-hybridized carbons (Fsp3) is 0.714. The second-order valence-electron chi connectivity index (χ2n) is 5.26. The average molecular weight is 282 g/mol. The molecule has 4 nitrogen and oxygen atoms in total. The lowest BCUT2D eigenvalue weighted by molar-refractivity contribution is -0.133. The van der Waals surface area contributed by atoms with Crippen LogP contribution in [0.5, 0.6) is 0 Å². The number of aromatic nitrogens is 2. The van der Waals surface area contributed by atoms with E-state index < -0.39 is 5.97 Å². The summed E-state index contributed by atoms with van der Waals surface area (Å²) >= 11 is 1.32. The molecule has 2 rings (SSSR count). The first-order valence-corrected chi connectivity index (χ1v) is 8.06. The van der Waals surface area contributed by atoms with Crippen LogP contribution < -0.4 is 0 Å². The lowest BCUT2D eigenvalue weighted by Crippen LogP contribution is -2.18. The van der Waals surface area contributed by atoms with Crippen molar-refractivity contribution in [2.24, 2.45) is 5.92 Å². The Labute approximate surface area is 118 Å². The number of nitrogens with zero attached hydrogens (tertiary/aromatic N) is 2. The Kier molecular flexibility index (Phi) is 5.31. The largest absolute Gasteiger partial charge is 0.481 e. The molecule has 5 heteroatoms. The highest BCUT2D eigenvalue weighted by Crippen LogP contribution is 2.36. The SMILES string of the molecule is CCCC1CCC(n2ccnc2SCC(=O)O)CC1. The third kappa shape index (κ3) is 4.00. The third-order valence-corrected chi connectivity index (χ3v) is 4.83. The summed E-state index contributed by atoms with van der Waals surface area (Å²) in [6.07, 6.45) is 11.4. The molecule has 1 aliphatic rings. The van der Waals surface area contributed by atoms with Gasteiger partial charge in [-0.1, -0.05) is 31.5 Å². The summed E-state index contributed by atoms with van der Waals surface area (Å²) in [5, 5.41) is 9.60. The minimum atomic E-state index is -0.786. The lowest BCUT2D eigenvalue weighted by Gasteiger charge is -2.30. The van der Waals surface area contributed by atoms with E-state index in [1.807, 2.05) is 6.20 Å². The van der Waals surface area contributed by atoms with E-state index in [2.05, 4.69) is 16.5 Å². The smallest absolute Gasteiger partial charge is 0.313 e. The van der Waals surface area contributed by atoms with Crippen molar-refractivity contribution in [3.63, 3.8) is 0 Å². The zero-order valence-electron chi connectivity index (χ0n) is 11.4. The maximum absolute atomic E-state index is 10.6. The lowest BCUT2D eigenvalue weighted by atomic mass is 9.83. The van der Waals surface area contributed by atoms with Gasteiger partial charge in [0.1, 0.15) is 0 Å². The number of carbonyl (C=O) groups is 1. The van der Waals surface area contributed by atoms with Crippen LogP contribution in [0.4, 0.5) is 0 Å². The predicted octanol–water partition coefficient (Wildman–Crippen LogP) is 3.59. The van der Waals surface area contributed by atoms with Gasteiger partial charge >= 0.3 is 5.97 Å². The Morgan fingerprint density at radius 3 is 2.84 bits per heavy atom. The van der Waals surface area contributed by atoms with Crippen molar-refractivity contribution >= 4 is 17.7 Å². The molecule has 1 heterocycles. The van der Waals surface area contributed by atoms with E-state index >= 15 is 0 Å². The first-order chi connectivity index (χ1) is 9.20. The first kappa shape index (κ1) is 14.4. The molecule has 0 aliphatic heterocycles. The molecule has 0 saturated heterocycles. The summed E-state index contributed by atoms with van der Waals surface area (Å²) in [6.45, 7) is 2.25. The van der Waals surface area contributed by atoms with Crippen LogP contribution in [-0.2, 0) is 4.79 Å². The Hall–Kier alpha value is -0.970. The number of hydrogen-bond donors (Lipinski definition) is 1. The van der Waals surface area contributed by atoms with Crippen LogP contribution in [0, 0.1) is 5.92 Å². The Balaban J connectivity index is 1.92. The summed E-state index contributed by atoms with van der Waals surface area (Å²) in [4.78, 5) is 14.9. The van der Waals surface area contributed by atoms with E-state index in [1.165, 1.54) is 50.3 Å². The summed E-state index contributed by atoms with van der Waals surface area (Å²) < 4.78 is 2.18. The van der Waals surface area contributed by atoms with Crippen molar-refractivity contribution in [1.82, 2.24) is 9.55 Å². The molecule has 0 aromatic carbocycles. The van der Waals surface area contributed by atoms with Crippen LogP contribution in [-0.4, -0.2) is 26.4 Å². The summed E-state index contributed by atoms with van der Waals surface area (Å²) in [5.41, 5.74) is 0.